The highest BCUT2D eigenvalue weighted by atomic mass is 32.2. The highest BCUT2D eigenvalue weighted by Crippen LogP contribution is 2.38. The molecule has 10 nitrogen and oxygen atoms in total. The molecule has 48 heavy (non-hydrogen) atoms. The normalized spacial score (nSPS) is 10.9. The van der Waals surface area contributed by atoms with E-state index in [0.29, 0.717) is 39.2 Å². The molecule has 3 amide bonds. The number of thioether (sulfide) groups is 1. The number of methoxy groups -OCH3 is 3. The average molecular weight is 681 g/mol. The molecule has 0 saturated carbocycles. The van der Waals surface area contributed by atoms with Crippen LogP contribution in [0.15, 0.2) is 113 Å². The number of anilines is 2. The Labute approximate surface area is 286 Å². The number of benzene rings is 4. The molecule has 0 aliphatic carbocycles. The van der Waals surface area contributed by atoms with E-state index in [-0.39, 0.29) is 17.4 Å². The van der Waals surface area contributed by atoms with Gasteiger partial charge < -0.3 is 30.2 Å². The highest BCUT2D eigenvalue weighted by molar-refractivity contribution is 8.00. The van der Waals surface area contributed by atoms with Crippen LogP contribution in [0.3, 0.4) is 0 Å². The predicted octanol–water partition coefficient (Wildman–Crippen LogP) is 6.98. The van der Waals surface area contributed by atoms with Crippen molar-refractivity contribution in [1.82, 2.24) is 10.3 Å². The fourth-order valence-electron chi connectivity index (χ4n) is 4.53. The van der Waals surface area contributed by atoms with Crippen LogP contribution in [-0.2, 0) is 9.59 Å². The monoisotopic (exact) mass is 680 g/mol. The molecule has 0 saturated heterocycles. The van der Waals surface area contributed by atoms with Crippen molar-refractivity contribution in [2.75, 3.05) is 37.7 Å². The van der Waals surface area contributed by atoms with Gasteiger partial charge in [-0.2, -0.15) is 0 Å². The van der Waals surface area contributed by atoms with Crippen molar-refractivity contribution in [3.63, 3.8) is 0 Å². The van der Waals surface area contributed by atoms with Gasteiger partial charge in [0, 0.05) is 27.1 Å². The number of hydrogen-bond acceptors (Lipinski definition) is 9. The summed E-state index contributed by atoms with van der Waals surface area (Å²) in [5.74, 6) is 0.0688. The summed E-state index contributed by atoms with van der Waals surface area (Å²) in [6.45, 7) is 0. The van der Waals surface area contributed by atoms with Gasteiger partial charge in [0.2, 0.25) is 11.7 Å². The standard InChI is InChI=1S/C36H32N4O6S2/c1-44-30-18-23(19-31(45-2)33(30)46-3)17-28(38-34(42)25-13-8-5-9-14-25)35(43)37-26-15-10-16-27(20-26)47-22-32(41)40-36-39-29(21-48-36)24-11-6-4-7-12-24/h4-21H,22H2,1-3H3,(H,37,43)(H,38,42)(H,39,40,41)/b28-17+. The van der Waals surface area contributed by atoms with Crippen LogP contribution in [0.5, 0.6) is 17.2 Å². The van der Waals surface area contributed by atoms with Crippen LogP contribution in [0.2, 0.25) is 0 Å². The van der Waals surface area contributed by atoms with Crippen LogP contribution in [0, 0.1) is 0 Å². The largest absolute Gasteiger partial charge is 0.493 e. The van der Waals surface area contributed by atoms with E-state index in [9.17, 15) is 14.4 Å². The Morgan fingerprint density at radius 1 is 0.812 bits per heavy atom. The first-order chi connectivity index (χ1) is 23.4. The van der Waals surface area contributed by atoms with Crippen molar-refractivity contribution in [3.05, 3.63) is 119 Å². The molecular formula is C36H32N4O6S2. The third kappa shape index (κ3) is 8.81. The van der Waals surface area contributed by atoms with Crippen molar-refractivity contribution in [2.24, 2.45) is 0 Å². The number of carbonyl (C=O) groups is 3. The minimum absolute atomic E-state index is 0.0196. The van der Waals surface area contributed by atoms with E-state index in [4.69, 9.17) is 14.2 Å². The van der Waals surface area contributed by atoms with Gasteiger partial charge in [0.05, 0.1) is 32.8 Å². The molecule has 5 rings (SSSR count). The number of hydrogen-bond donors (Lipinski definition) is 3. The lowest BCUT2D eigenvalue weighted by atomic mass is 10.1. The van der Waals surface area contributed by atoms with Gasteiger partial charge >= 0.3 is 0 Å². The number of aromatic nitrogens is 1. The minimum Gasteiger partial charge on any atom is -0.493 e. The molecule has 0 bridgehead atoms. The molecule has 0 spiro atoms. The Bertz CT molecular complexity index is 1900. The molecule has 0 atom stereocenters. The third-order valence-electron chi connectivity index (χ3n) is 6.81. The van der Waals surface area contributed by atoms with Crippen molar-refractivity contribution in [1.29, 1.82) is 0 Å². The van der Waals surface area contributed by atoms with Crippen LogP contribution < -0.4 is 30.2 Å². The number of nitrogens with one attached hydrogen (secondary N) is 3. The SMILES string of the molecule is COc1cc(/C=C(/NC(=O)c2ccccc2)C(=O)Nc2cccc(SCC(=O)Nc3nc(-c4ccccc4)cs3)c2)cc(OC)c1OC. The lowest BCUT2D eigenvalue weighted by Gasteiger charge is -2.15. The summed E-state index contributed by atoms with van der Waals surface area (Å²) in [7, 11) is 4.48. The quantitative estimate of drug-likeness (QED) is 0.0899. The topological polar surface area (TPSA) is 128 Å². The van der Waals surface area contributed by atoms with Gasteiger partial charge in [0.1, 0.15) is 5.70 Å². The fourth-order valence-corrected chi connectivity index (χ4v) is 6.02. The number of amides is 3. The Hall–Kier alpha value is -5.59. The zero-order valence-corrected chi connectivity index (χ0v) is 27.9. The van der Waals surface area contributed by atoms with Gasteiger partial charge in [-0.05, 0) is 54.1 Å². The van der Waals surface area contributed by atoms with Crippen LogP contribution in [0.4, 0.5) is 10.8 Å². The molecule has 0 unspecified atom stereocenters. The first kappa shape index (κ1) is 33.8. The Morgan fingerprint density at radius 2 is 1.50 bits per heavy atom. The molecule has 0 radical (unpaired) electrons. The van der Waals surface area contributed by atoms with E-state index in [1.165, 1.54) is 50.5 Å². The first-order valence-corrected chi connectivity index (χ1v) is 16.5. The van der Waals surface area contributed by atoms with Crippen molar-refractivity contribution >= 4 is 57.7 Å². The van der Waals surface area contributed by atoms with E-state index in [0.717, 1.165) is 16.2 Å². The summed E-state index contributed by atoms with van der Waals surface area (Å²) in [6, 6.07) is 28.7. The van der Waals surface area contributed by atoms with E-state index in [1.54, 1.807) is 60.7 Å². The van der Waals surface area contributed by atoms with E-state index in [1.807, 2.05) is 41.8 Å². The fraction of sp³-hybridized carbons (Fsp3) is 0.111. The van der Waals surface area contributed by atoms with Gasteiger partial charge in [-0.25, -0.2) is 4.98 Å². The second kappa shape index (κ2) is 16.3. The van der Waals surface area contributed by atoms with Gasteiger partial charge in [-0.1, -0.05) is 54.6 Å². The minimum atomic E-state index is -0.564. The van der Waals surface area contributed by atoms with Crippen LogP contribution in [0.1, 0.15) is 15.9 Å². The Morgan fingerprint density at radius 3 is 2.17 bits per heavy atom. The number of ether oxygens (including phenoxy) is 3. The second-order valence-electron chi connectivity index (χ2n) is 10.1. The molecule has 3 N–H and O–H groups in total. The molecule has 244 valence electrons. The zero-order chi connectivity index (χ0) is 33.9. The number of nitrogens with zero attached hydrogens (tertiary/aromatic N) is 1. The predicted molar refractivity (Wildman–Crippen MR) is 190 cm³/mol. The second-order valence-corrected chi connectivity index (χ2v) is 12.0. The van der Waals surface area contributed by atoms with Crippen LogP contribution >= 0.6 is 23.1 Å². The molecule has 1 aromatic heterocycles. The molecule has 0 aliphatic rings. The van der Waals surface area contributed by atoms with Crippen molar-refractivity contribution in [3.8, 4) is 28.5 Å². The summed E-state index contributed by atoms with van der Waals surface area (Å²) in [6.07, 6.45) is 1.52. The maximum absolute atomic E-state index is 13.6. The average Bonchev–Trinajstić information content (AvgIpc) is 3.59. The van der Waals surface area contributed by atoms with Crippen LogP contribution in [-0.4, -0.2) is 49.8 Å². The third-order valence-corrected chi connectivity index (χ3v) is 8.56. The lowest BCUT2D eigenvalue weighted by molar-refractivity contribution is -0.114. The highest BCUT2D eigenvalue weighted by Gasteiger charge is 2.18. The van der Waals surface area contributed by atoms with E-state index >= 15 is 0 Å². The van der Waals surface area contributed by atoms with Gasteiger partial charge in [0.15, 0.2) is 16.6 Å². The number of rotatable bonds is 13. The lowest BCUT2D eigenvalue weighted by Crippen LogP contribution is -2.30. The Balaban J connectivity index is 1.29. The maximum Gasteiger partial charge on any atom is 0.272 e. The Kier molecular flexibility index (Phi) is 11.5. The van der Waals surface area contributed by atoms with E-state index in [2.05, 4.69) is 20.9 Å². The zero-order valence-electron chi connectivity index (χ0n) is 26.3. The van der Waals surface area contributed by atoms with Crippen molar-refractivity contribution < 1.29 is 28.6 Å². The molecular weight excluding hydrogens is 649 g/mol. The van der Waals surface area contributed by atoms with Gasteiger partial charge in [0.25, 0.3) is 11.8 Å². The smallest absolute Gasteiger partial charge is 0.272 e. The van der Waals surface area contributed by atoms with E-state index < -0.39 is 11.8 Å². The number of carbonyl (C=O) groups excluding carboxylic acids is 3. The van der Waals surface area contributed by atoms with Crippen molar-refractivity contribution in [2.45, 2.75) is 4.90 Å². The van der Waals surface area contributed by atoms with Gasteiger partial charge in [-0.15, -0.1) is 23.1 Å². The summed E-state index contributed by atoms with van der Waals surface area (Å²) >= 11 is 2.67. The van der Waals surface area contributed by atoms with Gasteiger partial charge in [-0.3, -0.25) is 14.4 Å². The molecule has 5 aromatic rings. The molecule has 0 fully saturated rings. The molecule has 0 aliphatic heterocycles. The summed E-state index contributed by atoms with van der Waals surface area (Å²) in [5, 5.41) is 10.8. The first-order valence-electron chi connectivity index (χ1n) is 14.6. The summed E-state index contributed by atoms with van der Waals surface area (Å²) in [5.41, 5.74) is 3.13. The summed E-state index contributed by atoms with van der Waals surface area (Å²) < 4.78 is 16.3. The molecule has 1 heterocycles. The summed E-state index contributed by atoms with van der Waals surface area (Å²) in [4.78, 5) is 44.7. The molecule has 12 heteroatoms. The van der Waals surface area contributed by atoms with Crippen LogP contribution in [0.25, 0.3) is 17.3 Å². The number of thiazole rings is 1. The molecule has 4 aromatic carbocycles. The maximum atomic E-state index is 13.6.